The summed E-state index contributed by atoms with van der Waals surface area (Å²) in [6.45, 7) is 0. The molecule has 0 aliphatic rings. The van der Waals surface area contributed by atoms with Gasteiger partial charge in [-0.3, -0.25) is 25.8 Å². The number of halogens is 1. The van der Waals surface area contributed by atoms with Crippen molar-refractivity contribution in [2.24, 2.45) is 0 Å². The van der Waals surface area contributed by atoms with E-state index < -0.39 is 16.5 Å². The third-order valence-corrected chi connectivity index (χ3v) is 4.47. The van der Waals surface area contributed by atoms with Gasteiger partial charge in [0.25, 0.3) is 5.91 Å². The Hall–Kier alpha value is -3.73. The van der Waals surface area contributed by atoms with E-state index in [0.29, 0.717) is 21.5 Å². The van der Waals surface area contributed by atoms with Gasteiger partial charge >= 0.3 is 5.69 Å². The average molecular weight is 459 g/mol. The Morgan fingerprint density at radius 3 is 2.52 bits per heavy atom. The molecule has 1 amide bonds. The van der Waals surface area contributed by atoms with Gasteiger partial charge in [-0.25, -0.2) is 9.97 Å². The number of hydrogen-bond acceptors (Lipinski definition) is 8. The number of rotatable bonds is 7. The van der Waals surface area contributed by atoms with Gasteiger partial charge in [-0.15, -0.1) is 0 Å². The van der Waals surface area contributed by atoms with Gasteiger partial charge < -0.3 is 10.1 Å². The quantitative estimate of drug-likeness (QED) is 0.361. The highest BCUT2D eigenvalue weighted by Gasteiger charge is 2.24. The monoisotopic (exact) mass is 458 g/mol. The molecule has 0 atom stereocenters. The molecular formula is C18H15BrN6O4. The summed E-state index contributed by atoms with van der Waals surface area (Å²) < 4.78 is 5.81. The van der Waals surface area contributed by atoms with Crippen molar-refractivity contribution < 1.29 is 14.5 Å². The van der Waals surface area contributed by atoms with Crippen molar-refractivity contribution in [2.75, 3.05) is 17.9 Å². The first-order chi connectivity index (χ1) is 14.0. The molecule has 0 saturated heterocycles. The number of para-hydroxylation sites is 2. The molecule has 1 aromatic heterocycles. The molecule has 0 spiro atoms. The zero-order chi connectivity index (χ0) is 20.8. The van der Waals surface area contributed by atoms with Crippen LogP contribution in [0.3, 0.4) is 0 Å². The summed E-state index contributed by atoms with van der Waals surface area (Å²) >= 11 is 3.28. The number of anilines is 3. The van der Waals surface area contributed by atoms with Crippen LogP contribution in [0.25, 0.3) is 0 Å². The second-order valence-electron chi connectivity index (χ2n) is 5.56. The molecule has 0 radical (unpaired) electrons. The third kappa shape index (κ3) is 4.58. The highest BCUT2D eigenvalue weighted by atomic mass is 79.9. The number of carbonyl (C=O) groups excluding carboxylic acids is 1. The van der Waals surface area contributed by atoms with E-state index in [2.05, 4.69) is 42.1 Å². The molecule has 10 nitrogen and oxygen atoms in total. The van der Waals surface area contributed by atoms with Crippen molar-refractivity contribution >= 4 is 44.8 Å². The molecule has 0 aliphatic carbocycles. The Morgan fingerprint density at radius 2 is 1.79 bits per heavy atom. The normalized spacial score (nSPS) is 10.1. The average Bonchev–Trinajstić information content (AvgIpc) is 2.72. The fourth-order valence-electron chi connectivity index (χ4n) is 2.44. The molecule has 0 bridgehead atoms. The lowest BCUT2D eigenvalue weighted by Gasteiger charge is -2.13. The maximum absolute atomic E-state index is 12.3. The van der Waals surface area contributed by atoms with E-state index in [0.717, 1.165) is 6.33 Å². The van der Waals surface area contributed by atoms with Crippen molar-refractivity contribution in [1.29, 1.82) is 0 Å². The van der Waals surface area contributed by atoms with E-state index in [1.54, 1.807) is 48.5 Å². The summed E-state index contributed by atoms with van der Waals surface area (Å²) in [6, 6.07) is 13.7. The summed E-state index contributed by atoms with van der Waals surface area (Å²) in [5.74, 6) is -0.253. The van der Waals surface area contributed by atoms with E-state index in [4.69, 9.17) is 4.74 Å². The van der Waals surface area contributed by atoms with Crippen LogP contribution in [0.4, 0.5) is 23.0 Å². The predicted octanol–water partition coefficient (Wildman–Crippen LogP) is 3.66. The lowest BCUT2D eigenvalue weighted by atomic mass is 10.2. The van der Waals surface area contributed by atoms with Crippen LogP contribution in [0.5, 0.6) is 5.75 Å². The van der Waals surface area contributed by atoms with Gasteiger partial charge in [-0.05, 0) is 40.2 Å². The second kappa shape index (κ2) is 8.97. The number of ether oxygens (including phenoxy) is 1. The molecule has 29 heavy (non-hydrogen) atoms. The minimum Gasteiger partial charge on any atom is -0.495 e. The van der Waals surface area contributed by atoms with Crippen molar-refractivity contribution in [2.45, 2.75) is 0 Å². The van der Waals surface area contributed by atoms with Crippen LogP contribution in [0.15, 0.2) is 59.3 Å². The van der Waals surface area contributed by atoms with E-state index in [9.17, 15) is 14.9 Å². The number of hydrazine groups is 1. The lowest BCUT2D eigenvalue weighted by Crippen LogP contribution is -2.30. The SMILES string of the molecule is COc1ccccc1Nc1ncnc(NNC(=O)c2ccccc2Br)c1[N+](=O)[O-]. The van der Waals surface area contributed by atoms with Crippen LogP contribution in [0.1, 0.15) is 10.4 Å². The van der Waals surface area contributed by atoms with Crippen molar-refractivity contribution in [1.82, 2.24) is 15.4 Å². The van der Waals surface area contributed by atoms with Crippen LogP contribution < -0.4 is 20.9 Å². The number of nitrogens with zero attached hydrogens (tertiary/aromatic N) is 3. The molecule has 1 heterocycles. The second-order valence-corrected chi connectivity index (χ2v) is 6.42. The molecular weight excluding hydrogens is 444 g/mol. The van der Waals surface area contributed by atoms with Crippen LogP contribution in [0.2, 0.25) is 0 Å². The zero-order valence-corrected chi connectivity index (χ0v) is 16.6. The minimum atomic E-state index is -0.648. The van der Waals surface area contributed by atoms with Crippen LogP contribution in [-0.2, 0) is 0 Å². The topological polar surface area (TPSA) is 131 Å². The Bertz CT molecular complexity index is 1060. The third-order valence-electron chi connectivity index (χ3n) is 3.78. The van der Waals surface area contributed by atoms with Crippen LogP contribution in [-0.4, -0.2) is 27.9 Å². The van der Waals surface area contributed by atoms with Gasteiger partial charge in [0.05, 0.1) is 23.3 Å². The number of hydrogen-bond donors (Lipinski definition) is 3. The molecule has 11 heteroatoms. The Labute approximate surface area is 173 Å². The Morgan fingerprint density at radius 1 is 1.10 bits per heavy atom. The van der Waals surface area contributed by atoms with E-state index >= 15 is 0 Å². The molecule has 0 saturated carbocycles. The number of carbonyl (C=O) groups is 1. The predicted molar refractivity (Wildman–Crippen MR) is 110 cm³/mol. The maximum atomic E-state index is 12.3. The molecule has 3 aromatic rings. The maximum Gasteiger partial charge on any atom is 0.355 e. The van der Waals surface area contributed by atoms with E-state index in [-0.39, 0.29) is 11.6 Å². The Balaban J connectivity index is 1.86. The number of nitrogens with one attached hydrogen (secondary N) is 3. The standard InChI is InChI=1S/C18H15BrN6O4/c1-29-14-9-5-4-8-13(14)22-16-15(25(27)28)17(21-10-20-16)23-24-18(26)11-6-2-3-7-12(11)19/h2-10H,1H3,(H,24,26)(H2,20,21,22,23). The molecule has 3 rings (SSSR count). The summed E-state index contributed by atoms with van der Waals surface area (Å²) in [5.41, 5.74) is 5.29. The van der Waals surface area contributed by atoms with Gasteiger partial charge in [-0.1, -0.05) is 24.3 Å². The smallest absolute Gasteiger partial charge is 0.355 e. The summed E-state index contributed by atoms with van der Waals surface area (Å²) in [6.07, 6.45) is 1.14. The highest BCUT2D eigenvalue weighted by molar-refractivity contribution is 9.10. The van der Waals surface area contributed by atoms with Gasteiger partial charge in [0.15, 0.2) is 0 Å². The molecule has 2 aromatic carbocycles. The summed E-state index contributed by atoms with van der Waals surface area (Å²) in [4.78, 5) is 31.2. The van der Waals surface area contributed by atoms with Crippen molar-refractivity contribution in [3.05, 3.63) is 75.0 Å². The number of amides is 1. The number of benzene rings is 2. The minimum absolute atomic E-state index is 0.0628. The number of methoxy groups -OCH3 is 1. The van der Waals surface area contributed by atoms with Crippen LogP contribution >= 0.6 is 15.9 Å². The highest BCUT2D eigenvalue weighted by Crippen LogP contribution is 2.33. The van der Waals surface area contributed by atoms with Gasteiger partial charge in [0.2, 0.25) is 11.6 Å². The summed E-state index contributed by atoms with van der Waals surface area (Å²) in [5, 5.41) is 14.5. The molecule has 0 fully saturated rings. The Kier molecular flexibility index (Phi) is 6.19. The zero-order valence-electron chi connectivity index (χ0n) is 15.0. The molecule has 148 valence electrons. The fraction of sp³-hybridized carbons (Fsp3) is 0.0556. The lowest BCUT2D eigenvalue weighted by molar-refractivity contribution is -0.383. The molecule has 3 N–H and O–H groups in total. The number of nitro groups is 1. The van der Waals surface area contributed by atoms with E-state index in [1.165, 1.54) is 7.11 Å². The van der Waals surface area contributed by atoms with E-state index in [1.807, 2.05) is 0 Å². The first-order valence-electron chi connectivity index (χ1n) is 8.21. The largest absolute Gasteiger partial charge is 0.495 e. The van der Waals surface area contributed by atoms with Gasteiger partial charge in [-0.2, -0.15) is 0 Å². The summed E-state index contributed by atoms with van der Waals surface area (Å²) in [7, 11) is 1.49. The van der Waals surface area contributed by atoms with Gasteiger partial charge in [0.1, 0.15) is 12.1 Å². The molecule has 0 aliphatic heterocycles. The van der Waals surface area contributed by atoms with Crippen molar-refractivity contribution in [3.63, 3.8) is 0 Å². The first-order valence-corrected chi connectivity index (χ1v) is 9.01. The fourth-order valence-corrected chi connectivity index (χ4v) is 2.90. The first kappa shape index (κ1) is 20.0. The number of aromatic nitrogens is 2. The van der Waals surface area contributed by atoms with Gasteiger partial charge in [0, 0.05) is 4.47 Å². The van der Waals surface area contributed by atoms with Crippen LogP contribution in [0, 0.1) is 10.1 Å². The van der Waals surface area contributed by atoms with Crippen molar-refractivity contribution in [3.8, 4) is 5.75 Å². The molecule has 0 unspecified atom stereocenters.